The largest absolute Gasteiger partial charge is 0.338 e. The molecular weight excluding hydrogens is 152 g/mol. The van der Waals surface area contributed by atoms with Gasteiger partial charge in [0, 0.05) is 25.0 Å². The van der Waals surface area contributed by atoms with Crippen LogP contribution in [0.3, 0.4) is 0 Å². The maximum Gasteiger partial charge on any atom is 0.224 e. The van der Waals surface area contributed by atoms with Crippen LogP contribution in [-0.2, 0) is 4.79 Å². The lowest BCUT2D eigenvalue weighted by Gasteiger charge is -2.22. The smallest absolute Gasteiger partial charge is 0.224 e. The van der Waals surface area contributed by atoms with Gasteiger partial charge in [0.05, 0.1) is 0 Å². The normalized spacial score (nSPS) is 29.9. The van der Waals surface area contributed by atoms with Crippen molar-refractivity contribution in [3.8, 4) is 0 Å². The van der Waals surface area contributed by atoms with Crippen molar-refractivity contribution in [2.24, 2.45) is 5.73 Å². The van der Waals surface area contributed by atoms with Gasteiger partial charge in [-0.25, -0.2) is 0 Å². The molecule has 0 spiro atoms. The minimum absolute atomic E-state index is 0.0503. The van der Waals surface area contributed by atoms with E-state index in [4.69, 9.17) is 5.73 Å². The molecule has 2 unspecified atom stereocenters. The Kier molecular flexibility index (Phi) is 3.09. The second-order valence-electron chi connectivity index (χ2n) is 3.55. The van der Waals surface area contributed by atoms with Gasteiger partial charge in [-0.3, -0.25) is 4.79 Å². The van der Waals surface area contributed by atoms with Gasteiger partial charge >= 0.3 is 0 Å². The van der Waals surface area contributed by atoms with E-state index in [1.165, 1.54) is 0 Å². The predicted octanol–water partition coefficient (Wildman–Crippen LogP) is 0.735. The fourth-order valence-electron chi connectivity index (χ4n) is 1.60. The first-order valence-electron chi connectivity index (χ1n) is 4.72. The summed E-state index contributed by atoms with van der Waals surface area (Å²) in [7, 11) is 0. The number of likely N-dealkylation sites (tertiary alicyclic amines) is 1. The molecule has 0 aromatic rings. The van der Waals surface area contributed by atoms with E-state index >= 15 is 0 Å². The van der Waals surface area contributed by atoms with Crippen molar-refractivity contribution >= 4 is 5.91 Å². The van der Waals surface area contributed by atoms with E-state index in [0.29, 0.717) is 6.42 Å². The Morgan fingerprint density at radius 2 is 2.33 bits per heavy atom. The van der Waals surface area contributed by atoms with Gasteiger partial charge in [0.15, 0.2) is 0 Å². The number of nitrogens with zero attached hydrogens (tertiary/aromatic N) is 1. The molecule has 0 aliphatic carbocycles. The summed E-state index contributed by atoms with van der Waals surface area (Å²) >= 11 is 0. The summed E-state index contributed by atoms with van der Waals surface area (Å²) in [6, 6.07) is 0.290. The second-order valence-corrected chi connectivity index (χ2v) is 3.55. The number of nitrogens with two attached hydrogens (primary N) is 1. The van der Waals surface area contributed by atoms with Crippen LogP contribution in [0.2, 0.25) is 0 Å². The molecule has 1 fully saturated rings. The minimum Gasteiger partial charge on any atom is -0.338 e. The lowest BCUT2D eigenvalue weighted by molar-refractivity contribution is -0.128. The molecule has 0 saturated carbocycles. The molecule has 1 saturated heterocycles. The Morgan fingerprint density at radius 3 is 2.75 bits per heavy atom. The number of amides is 1. The Bertz CT molecular complexity index is 170. The molecule has 1 amide bonds. The van der Waals surface area contributed by atoms with Crippen molar-refractivity contribution in [2.75, 3.05) is 6.54 Å². The van der Waals surface area contributed by atoms with Crippen LogP contribution in [0.25, 0.3) is 0 Å². The van der Waals surface area contributed by atoms with E-state index in [0.717, 1.165) is 19.4 Å². The summed E-state index contributed by atoms with van der Waals surface area (Å²) in [5, 5.41) is 0. The number of hydrogen-bond acceptors (Lipinski definition) is 2. The van der Waals surface area contributed by atoms with Gasteiger partial charge in [0.2, 0.25) is 5.91 Å². The molecule has 12 heavy (non-hydrogen) atoms. The summed E-state index contributed by atoms with van der Waals surface area (Å²) in [5.74, 6) is 0.225. The standard InChI is InChI=1S/C9H18N2O/c1-3-4-5-11-7(2)8(10)6-9(11)12/h7-8H,3-6,10H2,1-2H3. The highest BCUT2D eigenvalue weighted by atomic mass is 16.2. The van der Waals surface area contributed by atoms with Gasteiger partial charge in [0.25, 0.3) is 0 Å². The number of hydrogen-bond donors (Lipinski definition) is 1. The van der Waals surface area contributed by atoms with Crippen LogP contribution in [0, 0.1) is 0 Å². The lowest BCUT2D eigenvalue weighted by atomic mass is 10.1. The van der Waals surface area contributed by atoms with Crippen LogP contribution in [0.4, 0.5) is 0 Å². The third-order valence-corrected chi connectivity index (χ3v) is 2.59. The lowest BCUT2D eigenvalue weighted by Crippen LogP contribution is -2.38. The van der Waals surface area contributed by atoms with Gasteiger partial charge in [-0.1, -0.05) is 13.3 Å². The molecule has 1 rings (SSSR count). The maximum atomic E-state index is 11.3. The molecule has 0 radical (unpaired) electrons. The molecule has 2 atom stereocenters. The van der Waals surface area contributed by atoms with Crippen LogP contribution >= 0.6 is 0 Å². The SMILES string of the molecule is CCCCN1C(=O)CC(N)C1C. The fraction of sp³-hybridized carbons (Fsp3) is 0.889. The Balaban J connectivity index is 2.46. The van der Waals surface area contributed by atoms with Gasteiger partial charge < -0.3 is 10.6 Å². The van der Waals surface area contributed by atoms with Crippen molar-refractivity contribution in [2.45, 2.75) is 45.2 Å². The van der Waals surface area contributed by atoms with E-state index in [2.05, 4.69) is 6.92 Å². The molecule has 2 N–H and O–H groups in total. The second kappa shape index (κ2) is 3.90. The quantitative estimate of drug-likeness (QED) is 0.679. The first kappa shape index (κ1) is 9.52. The molecule has 1 aliphatic heterocycles. The zero-order valence-electron chi connectivity index (χ0n) is 7.92. The van der Waals surface area contributed by atoms with Gasteiger partial charge in [0.1, 0.15) is 0 Å². The first-order valence-corrected chi connectivity index (χ1v) is 4.72. The molecule has 0 bridgehead atoms. The van der Waals surface area contributed by atoms with Gasteiger partial charge in [-0.15, -0.1) is 0 Å². The van der Waals surface area contributed by atoms with E-state index in [-0.39, 0.29) is 18.0 Å². The van der Waals surface area contributed by atoms with Crippen LogP contribution in [0.1, 0.15) is 33.1 Å². The van der Waals surface area contributed by atoms with E-state index in [9.17, 15) is 4.79 Å². The molecule has 1 aliphatic rings. The number of carbonyl (C=O) groups excluding carboxylic acids is 1. The highest BCUT2D eigenvalue weighted by Gasteiger charge is 2.33. The third-order valence-electron chi connectivity index (χ3n) is 2.59. The topological polar surface area (TPSA) is 46.3 Å². The summed E-state index contributed by atoms with van der Waals surface area (Å²) in [4.78, 5) is 13.3. The van der Waals surface area contributed by atoms with Crippen LogP contribution in [-0.4, -0.2) is 29.4 Å². The average molecular weight is 170 g/mol. The Labute approximate surface area is 73.9 Å². The van der Waals surface area contributed by atoms with Crippen LogP contribution in [0.15, 0.2) is 0 Å². The summed E-state index contributed by atoms with van der Waals surface area (Å²) in [5.41, 5.74) is 5.77. The number of rotatable bonds is 3. The maximum absolute atomic E-state index is 11.3. The van der Waals surface area contributed by atoms with E-state index in [1.54, 1.807) is 0 Å². The van der Waals surface area contributed by atoms with Crippen molar-refractivity contribution in [1.29, 1.82) is 0 Å². The van der Waals surface area contributed by atoms with Gasteiger partial charge in [-0.2, -0.15) is 0 Å². The number of carbonyl (C=O) groups is 1. The molecule has 70 valence electrons. The molecule has 0 aromatic heterocycles. The van der Waals surface area contributed by atoms with Gasteiger partial charge in [-0.05, 0) is 13.3 Å². The Morgan fingerprint density at radius 1 is 1.67 bits per heavy atom. The molecule has 1 heterocycles. The highest BCUT2D eigenvalue weighted by molar-refractivity contribution is 5.79. The van der Waals surface area contributed by atoms with Crippen molar-refractivity contribution in [3.05, 3.63) is 0 Å². The summed E-state index contributed by atoms with van der Waals surface area (Å²) in [6.45, 7) is 5.04. The summed E-state index contributed by atoms with van der Waals surface area (Å²) in [6.07, 6.45) is 2.75. The van der Waals surface area contributed by atoms with E-state index < -0.39 is 0 Å². The predicted molar refractivity (Wildman–Crippen MR) is 48.7 cm³/mol. The Hall–Kier alpha value is -0.570. The monoisotopic (exact) mass is 170 g/mol. The zero-order chi connectivity index (χ0) is 9.14. The molecule has 3 heteroatoms. The average Bonchev–Trinajstić information content (AvgIpc) is 2.25. The summed E-state index contributed by atoms with van der Waals surface area (Å²) < 4.78 is 0. The van der Waals surface area contributed by atoms with Crippen molar-refractivity contribution in [1.82, 2.24) is 4.90 Å². The minimum atomic E-state index is 0.0503. The fourth-order valence-corrected chi connectivity index (χ4v) is 1.60. The molecule has 3 nitrogen and oxygen atoms in total. The van der Waals surface area contributed by atoms with Crippen molar-refractivity contribution in [3.63, 3.8) is 0 Å². The molecular formula is C9H18N2O. The van der Waals surface area contributed by atoms with Crippen LogP contribution in [0.5, 0.6) is 0 Å². The van der Waals surface area contributed by atoms with Crippen LogP contribution < -0.4 is 5.73 Å². The highest BCUT2D eigenvalue weighted by Crippen LogP contribution is 2.17. The molecule has 0 aromatic carbocycles. The zero-order valence-corrected chi connectivity index (χ0v) is 7.92. The number of unbranched alkanes of at least 4 members (excludes halogenated alkanes) is 1. The third kappa shape index (κ3) is 1.78. The van der Waals surface area contributed by atoms with E-state index in [1.807, 2.05) is 11.8 Å². The first-order chi connectivity index (χ1) is 5.66. The van der Waals surface area contributed by atoms with Crippen molar-refractivity contribution < 1.29 is 4.79 Å².